The van der Waals surface area contributed by atoms with E-state index in [0.717, 1.165) is 4.90 Å². The van der Waals surface area contributed by atoms with Gasteiger partial charge in [0.05, 0.1) is 11.1 Å². The number of amides is 3. The van der Waals surface area contributed by atoms with E-state index >= 15 is 0 Å². The van der Waals surface area contributed by atoms with Gasteiger partial charge in [0.2, 0.25) is 5.91 Å². The van der Waals surface area contributed by atoms with E-state index in [9.17, 15) is 19.2 Å². The summed E-state index contributed by atoms with van der Waals surface area (Å²) in [5, 5.41) is 5.39. The van der Waals surface area contributed by atoms with Crippen LogP contribution in [0.25, 0.3) is 0 Å². The number of anilines is 1. The molecule has 1 aliphatic heterocycles. The van der Waals surface area contributed by atoms with Gasteiger partial charge < -0.3 is 10.6 Å². The van der Waals surface area contributed by atoms with Crippen LogP contribution in [0.2, 0.25) is 0 Å². The lowest BCUT2D eigenvalue weighted by Gasteiger charge is -2.14. The van der Waals surface area contributed by atoms with Crippen molar-refractivity contribution >= 4 is 46.5 Å². The number of fused-ring (bicyclic) bond motifs is 1. The average Bonchev–Trinajstić information content (AvgIpc) is 2.91. The predicted molar refractivity (Wildman–Crippen MR) is 107 cm³/mol. The minimum Gasteiger partial charge on any atom is -0.332 e. The van der Waals surface area contributed by atoms with Crippen molar-refractivity contribution in [1.82, 2.24) is 10.2 Å². The number of Topliss-reactive ketones (excluding diaryl/α,β-unsaturated/α-hetero) is 1. The van der Waals surface area contributed by atoms with Crippen LogP contribution in [-0.4, -0.2) is 40.1 Å². The molecule has 0 bridgehead atoms. The van der Waals surface area contributed by atoms with Crippen molar-refractivity contribution in [3.63, 3.8) is 0 Å². The number of imide groups is 1. The van der Waals surface area contributed by atoms with Crippen molar-refractivity contribution in [2.75, 3.05) is 11.9 Å². The van der Waals surface area contributed by atoms with Crippen LogP contribution < -0.4 is 10.6 Å². The molecule has 0 atom stereocenters. The van der Waals surface area contributed by atoms with E-state index < -0.39 is 17.7 Å². The number of hydrogen-bond acceptors (Lipinski definition) is 5. The van der Waals surface area contributed by atoms with Crippen molar-refractivity contribution in [2.24, 2.45) is 0 Å². The molecule has 0 radical (unpaired) electrons. The SMILES string of the molecule is CC(=O)c1cccc(NC(=S)NC(=O)CCN2C(=O)c3ccccc3C2=O)c1. The monoisotopic (exact) mass is 395 g/mol. The number of thiocarbonyl (C=S) groups is 1. The minimum atomic E-state index is -0.434. The predicted octanol–water partition coefficient (Wildman–Crippen LogP) is 2.39. The molecule has 0 spiro atoms. The van der Waals surface area contributed by atoms with E-state index in [1.807, 2.05) is 0 Å². The van der Waals surface area contributed by atoms with Crippen LogP contribution in [0.1, 0.15) is 44.4 Å². The van der Waals surface area contributed by atoms with Gasteiger partial charge in [-0.15, -0.1) is 0 Å². The molecule has 2 N–H and O–H groups in total. The van der Waals surface area contributed by atoms with Gasteiger partial charge in [-0.3, -0.25) is 24.1 Å². The molecule has 7 nitrogen and oxygen atoms in total. The van der Waals surface area contributed by atoms with Gasteiger partial charge in [0.1, 0.15) is 0 Å². The van der Waals surface area contributed by atoms with Gasteiger partial charge in [-0.25, -0.2) is 0 Å². The van der Waals surface area contributed by atoms with Crippen LogP contribution in [0.3, 0.4) is 0 Å². The summed E-state index contributed by atoms with van der Waals surface area (Å²) in [6, 6.07) is 13.3. The zero-order valence-electron chi connectivity index (χ0n) is 15.0. The van der Waals surface area contributed by atoms with Gasteiger partial charge in [-0.2, -0.15) is 0 Å². The summed E-state index contributed by atoms with van der Waals surface area (Å²) < 4.78 is 0. The lowest BCUT2D eigenvalue weighted by molar-refractivity contribution is -0.119. The fourth-order valence-electron chi connectivity index (χ4n) is 2.82. The molecule has 0 unspecified atom stereocenters. The molecule has 3 amide bonds. The second-order valence-corrected chi connectivity index (χ2v) is 6.61. The third-order valence-corrected chi connectivity index (χ3v) is 4.42. The van der Waals surface area contributed by atoms with E-state index in [1.54, 1.807) is 48.5 Å². The number of hydrogen-bond donors (Lipinski definition) is 2. The highest BCUT2D eigenvalue weighted by molar-refractivity contribution is 7.80. The highest BCUT2D eigenvalue weighted by Gasteiger charge is 2.34. The molecule has 2 aromatic carbocycles. The number of ketones is 1. The summed E-state index contributed by atoms with van der Waals surface area (Å²) in [6.07, 6.45) is -0.0826. The zero-order valence-corrected chi connectivity index (χ0v) is 15.8. The van der Waals surface area contributed by atoms with Gasteiger partial charge in [0.15, 0.2) is 10.9 Å². The first-order valence-electron chi connectivity index (χ1n) is 8.54. The van der Waals surface area contributed by atoms with E-state index in [1.165, 1.54) is 6.92 Å². The Labute approximate surface area is 166 Å². The Morgan fingerprint density at radius 3 is 2.25 bits per heavy atom. The quantitative estimate of drug-likeness (QED) is 0.459. The first-order chi connectivity index (χ1) is 13.4. The molecule has 28 heavy (non-hydrogen) atoms. The van der Waals surface area contributed by atoms with Crippen LogP contribution in [-0.2, 0) is 4.79 Å². The lowest BCUT2D eigenvalue weighted by Crippen LogP contribution is -2.38. The first-order valence-corrected chi connectivity index (χ1v) is 8.94. The number of carbonyl (C=O) groups excluding carboxylic acids is 4. The minimum absolute atomic E-state index is 0.0411. The lowest BCUT2D eigenvalue weighted by atomic mass is 10.1. The molecule has 0 aromatic heterocycles. The third-order valence-electron chi connectivity index (χ3n) is 4.22. The van der Waals surface area contributed by atoms with Gasteiger partial charge in [0.25, 0.3) is 11.8 Å². The maximum Gasteiger partial charge on any atom is 0.261 e. The largest absolute Gasteiger partial charge is 0.332 e. The summed E-state index contributed by atoms with van der Waals surface area (Å²) in [5.74, 6) is -1.33. The summed E-state index contributed by atoms with van der Waals surface area (Å²) in [5.41, 5.74) is 1.77. The molecule has 0 aliphatic carbocycles. The molecule has 1 heterocycles. The molecular formula is C20H17N3O4S. The number of carbonyl (C=O) groups is 4. The molecule has 8 heteroatoms. The average molecular weight is 395 g/mol. The van der Waals surface area contributed by atoms with Crippen molar-refractivity contribution in [3.05, 3.63) is 65.2 Å². The van der Waals surface area contributed by atoms with Crippen LogP contribution >= 0.6 is 12.2 Å². The van der Waals surface area contributed by atoms with Gasteiger partial charge in [0, 0.05) is 24.2 Å². The van der Waals surface area contributed by atoms with E-state index in [-0.39, 0.29) is 23.9 Å². The maximum absolute atomic E-state index is 12.3. The van der Waals surface area contributed by atoms with E-state index in [2.05, 4.69) is 10.6 Å². The van der Waals surface area contributed by atoms with E-state index in [4.69, 9.17) is 12.2 Å². The molecule has 1 aliphatic rings. The summed E-state index contributed by atoms with van der Waals surface area (Å²) in [6.45, 7) is 1.42. The van der Waals surface area contributed by atoms with Crippen molar-refractivity contribution < 1.29 is 19.2 Å². The fraction of sp³-hybridized carbons (Fsp3) is 0.150. The Balaban J connectivity index is 1.53. The first kappa shape index (κ1) is 19.4. The normalized spacial score (nSPS) is 12.5. The Hall–Kier alpha value is -3.39. The Morgan fingerprint density at radius 2 is 1.64 bits per heavy atom. The van der Waals surface area contributed by atoms with Gasteiger partial charge in [-0.1, -0.05) is 24.3 Å². The summed E-state index contributed by atoms with van der Waals surface area (Å²) >= 11 is 5.10. The Kier molecular flexibility index (Phi) is 5.60. The topological polar surface area (TPSA) is 95.6 Å². The number of benzene rings is 2. The van der Waals surface area contributed by atoms with Crippen LogP contribution in [0.15, 0.2) is 48.5 Å². The molecular weight excluding hydrogens is 378 g/mol. The fourth-order valence-corrected chi connectivity index (χ4v) is 3.05. The number of rotatable bonds is 5. The maximum atomic E-state index is 12.3. The third kappa shape index (κ3) is 4.12. The summed E-state index contributed by atoms with van der Waals surface area (Å²) in [7, 11) is 0. The molecule has 0 fully saturated rings. The highest BCUT2D eigenvalue weighted by Crippen LogP contribution is 2.22. The van der Waals surface area contributed by atoms with Crippen molar-refractivity contribution in [3.8, 4) is 0 Å². The van der Waals surface area contributed by atoms with Crippen LogP contribution in [0, 0.1) is 0 Å². The standard InChI is InChI=1S/C20H17N3O4S/c1-12(24)13-5-4-6-14(11-13)21-20(28)22-17(25)9-10-23-18(26)15-7-2-3-8-16(15)19(23)27/h2-8,11H,9-10H2,1H3,(H2,21,22,25,28). The molecule has 0 saturated carbocycles. The zero-order chi connectivity index (χ0) is 20.3. The number of nitrogens with zero attached hydrogens (tertiary/aromatic N) is 1. The van der Waals surface area contributed by atoms with Gasteiger partial charge >= 0.3 is 0 Å². The molecule has 0 saturated heterocycles. The van der Waals surface area contributed by atoms with Gasteiger partial charge in [-0.05, 0) is 43.4 Å². The highest BCUT2D eigenvalue weighted by atomic mass is 32.1. The van der Waals surface area contributed by atoms with Crippen molar-refractivity contribution in [2.45, 2.75) is 13.3 Å². The van der Waals surface area contributed by atoms with Crippen molar-refractivity contribution in [1.29, 1.82) is 0 Å². The Morgan fingerprint density at radius 1 is 1.00 bits per heavy atom. The second kappa shape index (κ2) is 8.10. The molecule has 3 rings (SSSR count). The van der Waals surface area contributed by atoms with E-state index in [0.29, 0.717) is 22.4 Å². The van der Waals surface area contributed by atoms with Crippen LogP contribution in [0.4, 0.5) is 5.69 Å². The van der Waals surface area contributed by atoms with Crippen LogP contribution in [0.5, 0.6) is 0 Å². The number of nitrogens with one attached hydrogen (secondary N) is 2. The Bertz CT molecular complexity index is 967. The smallest absolute Gasteiger partial charge is 0.261 e. The second-order valence-electron chi connectivity index (χ2n) is 6.20. The molecule has 2 aromatic rings. The molecule has 142 valence electrons. The summed E-state index contributed by atoms with van der Waals surface area (Å²) in [4.78, 5) is 49.1.